The second-order valence-electron chi connectivity index (χ2n) is 7.73. The SMILES string of the molecule is COc1ccc(C(C)N/C=C(/C#N)C(=O)N2CCN(Cc3ccccc3)CC2)cc1OC. The molecule has 32 heavy (non-hydrogen) atoms. The zero-order chi connectivity index (χ0) is 22.9. The minimum Gasteiger partial charge on any atom is -0.493 e. The largest absolute Gasteiger partial charge is 0.493 e. The van der Waals surface area contributed by atoms with Crippen molar-refractivity contribution in [1.29, 1.82) is 5.26 Å². The predicted octanol–water partition coefficient (Wildman–Crippen LogP) is 3.11. The van der Waals surface area contributed by atoms with Crippen molar-refractivity contribution >= 4 is 5.91 Å². The Kier molecular flexibility index (Phi) is 8.12. The first kappa shape index (κ1) is 23.2. The first-order valence-corrected chi connectivity index (χ1v) is 10.7. The average Bonchev–Trinajstić information content (AvgIpc) is 2.84. The van der Waals surface area contributed by atoms with Gasteiger partial charge < -0.3 is 19.7 Å². The van der Waals surface area contributed by atoms with E-state index in [2.05, 4.69) is 22.3 Å². The monoisotopic (exact) mass is 434 g/mol. The van der Waals surface area contributed by atoms with Crippen molar-refractivity contribution in [2.75, 3.05) is 40.4 Å². The maximum atomic E-state index is 12.9. The van der Waals surface area contributed by atoms with Crippen LogP contribution in [0.2, 0.25) is 0 Å². The summed E-state index contributed by atoms with van der Waals surface area (Å²) in [6.07, 6.45) is 1.51. The van der Waals surface area contributed by atoms with Crippen LogP contribution in [-0.2, 0) is 11.3 Å². The molecular weight excluding hydrogens is 404 g/mol. The lowest BCUT2D eigenvalue weighted by Gasteiger charge is -2.34. The molecule has 1 saturated heterocycles. The Hall–Kier alpha value is -3.50. The van der Waals surface area contributed by atoms with Gasteiger partial charge in [-0.2, -0.15) is 5.26 Å². The van der Waals surface area contributed by atoms with Gasteiger partial charge in [-0.3, -0.25) is 9.69 Å². The van der Waals surface area contributed by atoms with Crippen molar-refractivity contribution in [1.82, 2.24) is 15.1 Å². The third-order valence-corrected chi connectivity index (χ3v) is 5.64. The molecule has 0 saturated carbocycles. The zero-order valence-corrected chi connectivity index (χ0v) is 18.9. The molecule has 0 aromatic heterocycles. The van der Waals surface area contributed by atoms with E-state index in [1.165, 1.54) is 11.8 Å². The fourth-order valence-electron chi connectivity index (χ4n) is 3.69. The second kappa shape index (κ2) is 11.2. The van der Waals surface area contributed by atoms with Crippen molar-refractivity contribution in [3.63, 3.8) is 0 Å². The summed E-state index contributed by atoms with van der Waals surface area (Å²) in [4.78, 5) is 16.9. The molecule has 2 aromatic rings. The van der Waals surface area contributed by atoms with Crippen LogP contribution in [0, 0.1) is 11.3 Å². The first-order valence-electron chi connectivity index (χ1n) is 10.7. The highest BCUT2D eigenvalue weighted by Gasteiger charge is 2.24. The van der Waals surface area contributed by atoms with Crippen molar-refractivity contribution in [2.45, 2.75) is 19.5 Å². The Balaban J connectivity index is 1.57. The maximum absolute atomic E-state index is 12.9. The van der Waals surface area contributed by atoms with Gasteiger partial charge in [0.2, 0.25) is 0 Å². The Bertz CT molecular complexity index is 976. The number of benzene rings is 2. The number of hydrogen-bond donors (Lipinski definition) is 1. The van der Waals surface area contributed by atoms with E-state index in [1.54, 1.807) is 19.1 Å². The summed E-state index contributed by atoms with van der Waals surface area (Å²) in [7, 11) is 3.18. The zero-order valence-electron chi connectivity index (χ0n) is 18.9. The summed E-state index contributed by atoms with van der Waals surface area (Å²) in [6, 6.07) is 17.9. The fourth-order valence-corrected chi connectivity index (χ4v) is 3.69. The molecule has 0 spiro atoms. The molecule has 0 bridgehead atoms. The van der Waals surface area contributed by atoms with E-state index < -0.39 is 0 Å². The number of carbonyl (C=O) groups is 1. The van der Waals surface area contributed by atoms with Crippen LogP contribution in [0.15, 0.2) is 60.3 Å². The molecule has 1 atom stereocenters. The molecule has 1 fully saturated rings. The van der Waals surface area contributed by atoms with E-state index in [0.717, 1.165) is 25.2 Å². The normalized spacial score (nSPS) is 15.6. The molecule has 3 rings (SSSR count). The Morgan fingerprint density at radius 2 is 1.78 bits per heavy atom. The van der Waals surface area contributed by atoms with Crippen LogP contribution in [0.4, 0.5) is 0 Å². The van der Waals surface area contributed by atoms with Crippen molar-refractivity contribution < 1.29 is 14.3 Å². The number of hydrogen-bond acceptors (Lipinski definition) is 6. The molecule has 1 amide bonds. The number of carbonyl (C=O) groups excluding carboxylic acids is 1. The van der Waals surface area contributed by atoms with Crippen LogP contribution in [0.1, 0.15) is 24.1 Å². The van der Waals surface area contributed by atoms with Crippen molar-refractivity contribution in [2.24, 2.45) is 0 Å². The summed E-state index contributed by atoms with van der Waals surface area (Å²) in [6.45, 7) is 5.61. The minimum absolute atomic E-state index is 0.105. The number of methoxy groups -OCH3 is 2. The number of piperazine rings is 1. The van der Waals surface area contributed by atoms with Gasteiger partial charge in [-0.1, -0.05) is 36.4 Å². The van der Waals surface area contributed by atoms with Crippen LogP contribution in [0.5, 0.6) is 11.5 Å². The van der Waals surface area contributed by atoms with E-state index in [0.29, 0.717) is 24.6 Å². The summed E-state index contributed by atoms with van der Waals surface area (Å²) in [5, 5.41) is 12.7. The third-order valence-electron chi connectivity index (χ3n) is 5.64. The van der Waals surface area contributed by atoms with Crippen molar-refractivity contribution in [3.8, 4) is 17.6 Å². The predicted molar refractivity (Wildman–Crippen MR) is 123 cm³/mol. The van der Waals surface area contributed by atoms with Crippen LogP contribution < -0.4 is 14.8 Å². The molecule has 2 aromatic carbocycles. The van der Waals surface area contributed by atoms with Gasteiger partial charge in [-0.05, 0) is 30.2 Å². The third kappa shape index (κ3) is 5.80. The first-order chi connectivity index (χ1) is 15.5. The van der Waals surface area contributed by atoms with Gasteiger partial charge in [0, 0.05) is 45.0 Å². The van der Waals surface area contributed by atoms with Crippen LogP contribution >= 0.6 is 0 Å². The van der Waals surface area contributed by atoms with Crippen molar-refractivity contribution in [3.05, 3.63) is 71.4 Å². The Labute approximate surface area is 189 Å². The molecule has 1 heterocycles. The molecule has 0 aliphatic carbocycles. The van der Waals surface area contributed by atoms with Gasteiger partial charge in [-0.15, -0.1) is 0 Å². The molecule has 1 unspecified atom stereocenters. The summed E-state index contributed by atoms with van der Waals surface area (Å²) < 4.78 is 10.6. The highest BCUT2D eigenvalue weighted by atomic mass is 16.5. The van der Waals surface area contributed by atoms with Crippen LogP contribution in [0.25, 0.3) is 0 Å². The van der Waals surface area contributed by atoms with Gasteiger partial charge in [0.05, 0.1) is 14.2 Å². The lowest BCUT2D eigenvalue weighted by atomic mass is 10.1. The number of nitriles is 1. The topological polar surface area (TPSA) is 77.8 Å². The highest BCUT2D eigenvalue weighted by molar-refractivity contribution is 5.97. The maximum Gasteiger partial charge on any atom is 0.266 e. The Morgan fingerprint density at radius 1 is 1.09 bits per heavy atom. The molecule has 0 radical (unpaired) electrons. The van der Waals surface area contributed by atoms with E-state index in [4.69, 9.17) is 9.47 Å². The number of ether oxygens (including phenoxy) is 2. The molecular formula is C25H30N4O3. The van der Waals surface area contributed by atoms with Gasteiger partial charge in [0.15, 0.2) is 11.5 Å². The number of nitrogens with one attached hydrogen (secondary N) is 1. The van der Waals surface area contributed by atoms with E-state index in [9.17, 15) is 10.1 Å². The molecule has 7 heteroatoms. The molecule has 7 nitrogen and oxygen atoms in total. The number of amides is 1. The molecule has 1 N–H and O–H groups in total. The van der Waals surface area contributed by atoms with Gasteiger partial charge in [0.1, 0.15) is 11.6 Å². The summed E-state index contributed by atoms with van der Waals surface area (Å²) in [5.74, 6) is 1.05. The Morgan fingerprint density at radius 3 is 2.41 bits per heavy atom. The average molecular weight is 435 g/mol. The lowest BCUT2D eigenvalue weighted by Crippen LogP contribution is -2.48. The molecule has 1 aliphatic heterocycles. The summed E-state index contributed by atoms with van der Waals surface area (Å²) in [5.41, 5.74) is 2.32. The lowest BCUT2D eigenvalue weighted by molar-refractivity contribution is -0.128. The number of nitrogens with zero attached hydrogens (tertiary/aromatic N) is 3. The fraction of sp³-hybridized carbons (Fsp3) is 0.360. The van der Waals surface area contributed by atoms with Crippen LogP contribution in [-0.4, -0.2) is 56.1 Å². The van der Waals surface area contributed by atoms with E-state index in [-0.39, 0.29) is 17.5 Å². The van der Waals surface area contributed by atoms with E-state index >= 15 is 0 Å². The molecule has 168 valence electrons. The molecule has 1 aliphatic rings. The standard InChI is InChI=1S/C25H30N4O3/c1-19(21-9-10-23(31-2)24(15-21)32-3)27-17-22(16-26)25(30)29-13-11-28(12-14-29)18-20-7-5-4-6-8-20/h4-10,15,17,19,27H,11-14,18H2,1-3H3/b22-17-. The van der Waals surface area contributed by atoms with Gasteiger partial charge >= 0.3 is 0 Å². The number of rotatable bonds is 8. The smallest absolute Gasteiger partial charge is 0.266 e. The minimum atomic E-state index is -0.237. The quantitative estimate of drug-likeness (QED) is 0.508. The second-order valence-corrected chi connectivity index (χ2v) is 7.73. The van der Waals surface area contributed by atoms with Gasteiger partial charge in [0.25, 0.3) is 5.91 Å². The van der Waals surface area contributed by atoms with Crippen LogP contribution in [0.3, 0.4) is 0 Å². The van der Waals surface area contributed by atoms with E-state index in [1.807, 2.05) is 49.4 Å². The highest BCUT2D eigenvalue weighted by Crippen LogP contribution is 2.29. The van der Waals surface area contributed by atoms with Gasteiger partial charge in [-0.25, -0.2) is 0 Å². The summed E-state index contributed by atoms with van der Waals surface area (Å²) >= 11 is 0.